The van der Waals surface area contributed by atoms with Crippen molar-refractivity contribution >= 4 is 40.4 Å². The maximum Gasteiger partial charge on any atom is 0.422 e. The summed E-state index contributed by atoms with van der Waals surface area (Å²) in [5.74, 6) is -0.0897. The zero-order valence-corrected chi connectivity index (χ0v) is 21.9. The second-order valence-corrected chi connectivity index (χ2v) is 10.3. The summed E-state index contributed by atoms with van der Waals surface area (Å²) in [4.78, 5) is 23.2. The summed E-state index contributed by atoms with van der Waals surface area (Å²) in [7, 11) is 0. The third-order valence-corrected chi connectivity index (χ3v) is 7.75. The standard InChI is InChI=1S/C25H19Cl2F3N4O3S/c26-17-4-3-15(10-18(17)27)19-11-21(37-33-19)20-12-38-23(32-20)14-5-8-34(9-6-14)24(35)16-2-1-7-31-22(16)36-13-25(28,29)30/h1-4,7,10-12,14H,5-6,8-9,13H2. The highest BCUT2D eigenvalue weighted by atomic mass is 35.5. The lowest BCUT2D eigenvalue weighted by Crippen LogP contribution is -2.38. The number of carbonyl (C=O) groups is 1. The fourth-order valence-electron chi connectivity index (χ4n) is 4.09. The second-order valence-electron chi connectivity index (χ2n) is 8.60. The molecule has 13 heteroatoms. The fraction of sp³-hybridized carbons (Fsp3) is 0.280. The third-order valence-electron chi connectivity index (χ3n) is 6.01. The summed E-state index contributed by atoms with van der Waals surface area (Å²) in [6.45, 7) is -0.662. The number of amides is 1. The molecular formula is C25H19Cl2F3N4O3S. The van der Waals surface area contributed by atoms with Crippen LogP contribution in [0.1, 0.15) is 34.1 Å². The predicted octanol–water partition coefficient (Wildman–Crippen LogP) is 7.13. The van der Waals surface area contributed by atoms with Crippen molar-refractivity contribution in [3.8, 4) is 28.6 Å². The number of alkyl halides is 3. The van der Waals surface area contributed by atoms with E-state index < -0.39 is 18.7 Å². The molecule has 0 spiro atoms. The molecule has 1 amide bonds. The summed E-state index contributed by atoms with van der Waals surface area (Å²) in [6.07, 6.45) is -1.93. The molecule has 5 rings (SSSR count). The van der Waals surface area contributed by atoms with E-state index in [-0.39, 0.29) is 17.4 Å². The molecule has 4 heterocycles. The lowest BCUT2D eigenvalue weighted by molar-refractivity contribution is -0.154. The smallest absolute Gasteiger partial charge is 0.422 e. The summed E-state index contributed by atoms with van der Waals surface area (Å²) in [6, 6.07) is 9.90. The number of hydrogen-bond acceptors (Lipinski definition) is 7. The Morgan fingerprint density at radius 2 is 1.92 bits per heavy atom. The second kappa shape index (κ2) is 10.9. The van der Waals surface area contributed by atoms with Crippen LogP contribution < -0.4 is 4.74 Å². The molecular weight excluding hydrogens is 564 g/mol. The van der Waals surface area contributed by atoms with Crippen LogP contribution in [0, 0.1) is 0 Å². The van der Waals surface area contributed by atoms with Gasteiger partial charge in [0.25, 0.3) is 5.91 Å². The van der Waals surface area contributed by atoms with Gasteiger partial charge in [0.1, 0.15) is 17.0 Å². The fourth-order valence-corrected chi connectivity index (χ4v) is 5.37. The molecule has 1 aliphatic heterocycles. The number of ether oxygens (including phenoxy) is 1. The van der Waals surface area contributed by atoms with E-state index in [1.165, 1.54) is 29.7 Å². The number of carbonyl (C=O) groups excluding carboxylic acids is 1. The minimum absolute atomic E-state index is 0.00910. The lowest BCUT2D eigenvalue weighted by atomic mass is 9.97. The number of pyridine rings is 1. The first-order valence-electron chi connectivity index (χ1n) is 11.5. The van der Waals surface area contributed by atoms with Crippen LogP contribution in [0.15, 0.2) is 52.5 Å². The van der Waals surface area contributed by atoms with Crippen LogP contribution in [-0.4, -0.2) is 51.8 Å². The molecule has 4 aromatic rings. The largest absolute Gasteiger partial charge is 0.467 e. The van der Waals surface area contributed by atoms with Crippen LogP contribution in [0.25, 0.3) is 22.7 Å². The molecule has 1 aromatic carbocycles. The van der Waals surface area contributed by atoms with E-state index in [0.717, 1.165) is 10.6 Å². The maximum absolute atomic E-state index is 13.0. The van der Waals surface area contributed by atoms with Crippen molar-refractivity contribution in [1.82, 2.24) is 20.0 Å². The van der Waals surface area contributed by atoms with Gasteiger partial charge in [-0.3, -0.25) is 4.79 Å². The number of aromatic nitrogens is 3. The Balaban J connectivity index is 1.22. The van der Waals surface area contributed by atoms with Crippen LogP contribution >= 0.6 is 34.5 Å². The van der Waals surface area contributed by atoms with E-state index in [1.54, 1.807) is 29.2 Å². The zero-order chi connectivity index (χ0) is 26.9. The molecule has 1 fully saturated rings. The minimum atomic E-state index is -4.53. The molecule has 0 atom stereocenters. The van der Waals surface area contributed by atoms with Gasteiger partial charge in [-0.25, -0.2) is 9.97 Å². The van der Waals surface area contributed by atoms with E-state index in [9.17, 15) is 18.0 Å². The normalized spacial score (nSPS) is 14.6. The van der Waals surface area contributed by atoms with Crippen LogP contribution in [-0.2, 0) is 0 Å². The third kappa shape index (κ3) is 5.95. The van der Waals surface area contributed by atoms with Gasteiger partial charge in [0.2, 0.25) is 5.88 Å². The van der Waals surface area contributed by atoms with Crippen molar-refractivity contribution in [3.05, 3.63) is 68.6 Å². The minimum Gasteiger partial charge on any atom is -0.467 e. The number of halogens is 5. The average molecular weight is 583 g/mol. The quantitative estimate of drug-likeness (QED) is 0.240. The molecule has 0 aliphatic carbocycles. The van der Waals surface area contributed by atoms with E-state index in [0.29, 0.717) is 53.1 Å². The SMILES string of the molecule is O=C(c1cccnc1OCC(F)(F)F)N1CCC(c2nc(-c3cc(-c4ccc(Cl)c(Cl)c4)no3)cs2)CC1. The van der Waals surface area contributed by atoms with Crippen molar-refractivity contribution in [2.24, 2.45) is 0 Å². The number of piperidine rings is 1. The molecule has 1 saturated heterocycles. The van der Waals surface area contributed by atoms with Crippen molar-refractivity contribution in [1.29, 1.82) is 0 Å². The predicted molar refractivity (Wildman–Crippen MR) is 137 cm³/mol. The van der Waals surface area contributed by atoms with E-state index in [2.05, 4.69) is 10.1 Å². The number of rotatable bonds is 6. The van der Waals surface area contributed by atoms with Crippen molar-refractivity contribution in [2.45, 2.75) is 24.9 Å². The Kier molecular flexibility index (Phi) is 7.60. The Morgan fingerprint density at radius 3 is 2.66 bits per heavy atom. The van der Waals surface area contributed by atoms with Gasteiger partial charge in [-0.1, -0.05) is 34.4 Å². The lowest BCUT2D eigenvalue weighted by Gasteiger charge is -2.31. The highest BCUT2D eigenvalue weighted by Crippen LogP contribution is 2.35. The number of nitrogens with zero attached hydrogens (tertiary/aromatic N) is 4. The van der Waals surface area contributed by atoms with Crippen LogP contribution in [0.5, 0.6) is 5.88 Å². The van der Waals surface area contributed by atoms with Gasteiger partial charge in [0, 0.05) is 42.2 Å². The molecule has 1 aliphatic rings. The number of benzene rings is 1. The van der Waals surface area contributed by atoms with Gasteiger partial charge in [-0.05, 0) is 37.1 Å². The van der Waals surface area contributed by atoms with Crippen LogP contribution in [0.2, 0.25) is 10.0 Å². The molecule has 198 valence electrons. The topological polar surface area (TPSA) is 81.4 Å². The number of hydrogen-bond donors (Lipinski definition) is 0. The first kappa shape index (κ1) is 26.5. The van der Waals surface area contributed by atoms with Crippen LogP contribution in [0.4, 0.5) is 13.2 Å². The molecule has 0 N–H and O–H groups in total. The summed E-state index contributed by atoms with van der Waals surface area (Å²) in [5, 5.41) is 7.79. The first-order valence-corrected chi connectivity index (χ1v) is 13.1. The Labute approximate surface area is 229 Å². The van der Waals surface area contributed by atoms with Gasteiger partial charge in [0.15, 0.2) is 12.4 Å². The van der Waals surface area contributed by atoms with Crippen molar-refractivity contribution in [3.63, 3.8) is 0 Å². The molecule has 3 aromatic heterocycles. The summed E-state index contributed by atoms with van der Waals surface area (Å²) in [5.41, 5.74) is 2.04. The molecule has 0 unspecified atom stereocenters. The Morgan fingerprint density at radius 1 is 1.13 bits per heavy atom. The van der Waals surface area contributed by atoms with Gasteiger partial charge in [-0.2, -0.15) is 13.2 Å². The maximum atomic E-state index is 13.0. The van der Waals surface area contributed by atoms with E-state index in [1.807, 2.05) is 5.38 Å². The van der Waals surface area contributed by atoms with Crippen LogP contribution in [0.3, 0.4) is 0 Å². The van der Waals surface area contributed by atoms with Gasteiger partial charge < -0.3 is 14.2 Å². The number of likely N-dealkylation sites (tertiary alicyclic amines) is 1. The molecule has 0 saturated carbocycles. The Bertz CT molecular complexity index is 1450. The van der Waals surface area contributed by atoms with Gasteiger partial charge in [0.05, 0.1) is 15.1 Å². The van der Waals surface area contributed by atoms with Crippen molar-refractivity contribution in [2.75, 3.05) is 19.7 Å². The average Bonchev–Trinajstić information content (AvgIpc) is 3.59. The van der Waals surface area contributed by atoms with Gasteiger partial charge >= 0.3 is 6.18 Å². The molecule has 0 bridgehead atoms. The monoisotopic (exact) mass is 582 g/mol. The first-order chi connectivity index (χ1) is 18.2. The summed E-state index contributed by atoms with van der Waals surface area (Å²) >= 11 is 13.6. The highest BCUT2D eigenvalue weighted by molar-refractivity contribution is 7.10. The molecule has 7 nitrogen and oxygen atoms in total. The molecule has 38 heavy (non-hydrogen) atoms. The Hall–Kier alpha value is -3.15. The van der Waals surface area contributed by atoms with E-state index in [4.69, 9.17) is 37.4 Å². The summed E-state index contributed by atoms with van der Waals surface area (Å²) < 4.78 is 48.0. The van der Waals surface area contributed by atoms with Gasteiger partial charge in [-0.15, -0.1) is 11.3 Å². The molecule has 0 radical (unpaired) electrons. The highest BCUT2D eigenvalue weighted by Gasteiger charge is 2.31. The van der Waals surface area contributed by atoms with Crippen molar-refractivity contribution < 1.29 is 27.2 Å². The zero-order valence-electron chi connectivity index (χ0n) is 19.5. The number of thiazole rings is 1. The van der Waals surface area contributed by atoms with E-state index >= 15 is 0 Å².